The van der Waals surface area contributed by atoms with E-state index in [4.69, 9.17) is 25.2 Å². The second-order valence-corrected chi connectivity index (χ2v) is 10.3. The van der Waals surface area contributed by atoms with E-state index in [1.165, 1.54) is 5.56 Å². The topological polar surface area (TPSA) is 165 Å². The monoisotopic (exact) mass is 561 g/mol. The van der Waals surface area contributed by atoms with Crippen LogP contribution in [-0.2, 0) is 21.0 Å². The fraction of sp³-hybridized carbons (Fsp3) is 0.500. The molecule has 10 nitrogen and oxygen atoms in total. The number of aliphatic carboxylic acids is 2. The van der Waals surface area contributed by atoms with Gasteiger partial charge in [0.1, 0.15) is 5.75 Å². The molecule has 0 radical (unpaired) electrons. The number of rotatable bonds is 13. The molecule has 5 N–H and O–H groups in total. The minimum Gasteiger partial charge on any atom is -0.479 e. The molecule has 0 amide bonds. The molecule has 40 heavy (non-hydrogen) atoms. The lowest BCUT2D eigenvalue weighted by Gasteiger charge is -2.32. The average Bonchev–Trinajstić information content (AvgIpc) is 2.90. The predicted octanol–water partition coefficient (Wildman–Crippen LogP) is 3.26. The average molecular weight is 562 g/mol. The van der Waals surface area contributed by atoms with Gasteiger partial charge in [0, 0.05) is 23.6 Å². The highest BCUT2D eigenvalue weighted by molar-refractivity contribution is 5.83. The fourth-order valence-corrected chi connectivity index (χ4v) is 4.14. The zero-order valence-electron chi connectivity index (χ0n) is 24.0. The number of carbonyl (C=O) groups excluding carboxylic acids is 1. The van der Waals surface area contributed by atoms with Crippen LogP contribution in [0.25, 0.3) is 0 Å². The van der Waals surface area contributed by atoms with Gasteiger partial charge in [0.15, 0.2) is 12.2 Å². The summed E-state index contributed by atoms with van der Waals surface area (Å²) in [4.78, 5) is 34.4. The van der Waals surface area contributed by atoms with Crippen molar-refractivity contribution in [2.24, 2.45) is 5.92 Å². The van der Waals surface area contributed by atoms with E-state index in [9.17, 15) is 19.5 Å². The number of nitrogens with zero attached hydrogens (tertiary/aromatic N) is 1. The molecule has 2 aromatic rings. The van der Waals surface area contributed by atoms with Gasteiger partial charge in [-0.2, -0.15) is 0 Å². The van der Waals surface area contributed by atoms with Gasteiger partial charge in [-0.25, -0.2) is 9.59 Å². The van der Waals surface area contributed by atoms with Crippen molar-refractivity contribution in [1.82, 2.24) is 4.90 Å². The zero-order chi connectivity index (χ0) is 30.6. The van der Waals surface area contributed by atoms with Gasteiger partial charge >= 0.3 is 17.9 Å². The predicted molar refractivity (Wildman–Crippen MR) is 150 cm³/mol. The molecule has 0 bridgehead atoms. The molecule has 0 aliphatic heterocycles. The van der Waals surface area contributed by atoms with Crippen molar-refractivity contribution >= 4 is 17.9 Å². The van der Waals surface area contributed by atoms with Gasteiger partial charge in [-0.15, -0.1) is 0 Å². The Hall–Kier alpha value is -3.31. The van der Waals surface area contributed by atoms with Crippen molar-refractivity contribution in [3.63, 3.8) is 0 Å². The Morgan fingerprint density at radius 3 is 1.77 bits per heavy atom. The smallest absolute Gasteiger partial charge is 0.335 e. The molecule has 2 rings (SSSR count). The summed E-state index contributed by atoms with van der Waals surface area (Å²) in [6.45, 7) is 13.4. The van der Waals surface area contributed by atoms with Crippen molar-refractivity contribution in [3.8, 4) is 5.75 Å². The Kier molecular flexibility index (Phi) is 14.5. The first-order valence-electron chi connectivity index (χ1n) is 13.3. The lowest BCUT2D eigenvalue weighted by Crippen LogP contribution is -2.39. The third kappa shape index (κ3) is 10.7. The van der Waals surface area contributed by atoms with Crippen LogP contribution >= 0.6 is 0 Å². The normalized spacial score (nSPS) is 13.5. The van der Waals surface area contributed by atoms with Gasteiger partial charge in [-0.05, 0) is 63.9 Å². The van der Waals surface area contributed by atoms with Crippen molar-refractivity contribution in [3.05, 3.63) is 65.2 Å². The van der Waals surface area contributed by atoms with E-state index in [0.29, 0.717) is 17.8 Å². The van der Waals surface area contributed by atoms with Crippen molar-refractivity contribution in [2.45, 2.75) is 84.8 Å². The summed E-state index contributed by atoms with van der Waals surface area (Å²) in [6.07, 6.45) is -3.64. The van der Waals surface area contributed by atoms with Gasteiger partial charge in [0.2, 0.25) is 0 Å². The first-order valence-corrected chi connectivity index (χ1v) is 13.3. The van der Waals surface area contributed by atoms with Crippen LogP contribution in [0, 0.1) is 5.92 Å². The quantitative estimate of drug-likeness (QED) is 0.181. The summed E-state index contributed by atoms with van der Waals surface area (Å²) in [5, 5.41) is 42.2. The molecule has 2 aromatic carbocycles. The Bertz CT molecular complexity index is 1060. The van der Waals surface area contributed by atoms with Crippen molar-refractivity contribution in [1.29, 1.82) is 0 Å². The second-order valence-electron chi connectivity index (χ2n) is 10.3. The summed E-state index contributed by atoms with van der Waals surface area (Å²) < 4.78 is 5.78. The largest absolute Gasteiger partial charge is 0.479 e. The minimum atomic E-state index is -2.27. The van der Waals surface area contributed by atoms with Crippen LogP contribution in [0.5, 0.6) is 5.75 Å². The molecule has 3 atom stereocenters. The number of aliphatic hydroxyl groups excluding tert-OH is 3. The number of hydrogen-bond donors (Lipinski definition) is 5. The molecule has 10 heteroatoms. The third-order valence-corrected chi connectivity index (χ3v) is 6.32. The van der Waals surface area contributed by atoms with Gasteiger partial charge < -0.3 is 30.3 Å². The fourth-order valence-electron chi connectivity index (χ4n) is 4.14. The molecular weight excluding hydrogens is 518 g/mol. The van der Waals surface area contributed by atoms with E-state index >= 15 is 0 Å². The maximum absolute atomic E-state index is 12.3. The van der Waals surface area contributed by atoms with Gasteiger partial charge in [0.05, 0.1) is 12.5 Å². The standard InChI is InChI=1S/C26H37NO3.C4H6O6/c1-18(2)26(29)30-25-13-12-21(17-28)16-24(25)23(22-10-8-7-9-11-22)14-15-27(19(3)4)20(5)6;5-1(3(7)8)2(6)4(9)10/h7-13,16,18-20,23,28H,14-15,17H2,1-6H3;1-2,5-6H,(H,7,8)(H,9,10)/t23-;/m1./s1. The Morgan fingerprint density at radius 1 is 0.825 bits per heavy atom. The highest BCUT2D eigenvalue weighted by Crippen LogP contribution is 2.36. The molecule has 0 saturated heterocycles. The Labute approximate surface area is 235 Å². The number of carboxylic acid groups (broad SMARTS) is 2. The highest BCUT2D eigenvalue weighted by atomic mass is 16.5. The van der Waals surface area contributed by atoms with E-state index < -0.39 is 24.1 Å². The van der Waals surface area contributed by atoms with E-state index in [0.717, 1.165) is 24.1 Å². The SMILES string of the molecule is CC(C)C(=O)Oc1ccc(CO)cc1[C@H](CCN(C(C)C)C(C)C)c1ccccc1.O=C(O)C(O)C(O)C(=O)O. The number of carbonyl (C=O) groups is 3. The van der Waals surface area contributed by atoms with Gasteiger partial charge in [0.25, 0.3) is 0 Å². The Balaban J connectivity index is 0.000000680. The summed E-state index contributed by atoms with van der Waals surface area (Å²) in [6, 6.07) is 16.9. The summed E-state index contributed by atoms with van der Waals surface area (Å²) in [5.74, 6) is -3.34. The van der Waals surface area contributed by atoms with Gasteiger partial charge in [-0.3, -0.25) is 9.69 Å². The zero-order valence-corrected chi connectivity index (χ0v) is 24.0. The van der Waals surface area contributed by atoms with E-state index in [1.807, 2.05) is 50.2 Å². The number of hydrogen-bond acceptors (Lipinski definition) is 8. The molecule has 0 heterocycles. The molecule has 2 unspecified atom stereocenters. The van der Waals surface area contributed by atoms with E-state index in [2.05, 4.69) is 44.7 Å². The lowest BCUT2D eigenvalue weighted by atomic mass is 9.86. The number of esters is 1. The van der Waals surface area contributed by atoms with Crippen LogP contribution in [0.2, 0.25) is 0 Å². The summed E-state index contributed by atoms with van der Waals surface area (Å²) >= 11 is 0. The molecule has 0 aliphatic carbocycles. The molecule has 0 aromatic heterocycles. The molecule has 0 saturated carbocycles. The Morgan fingerprint density at radius 2 is 1.35 bits per heavy atom. The summed E-state index contributed by atoms with van der Waals surface area (Å²) in [7, 11) is 0. The van der Waals surface area contributed by atoms with Crippen LogP contribution in [0.3, 0.4) is 0 Å². The number of benzene rings is 2. The van der Waals surface area contributed by atoms with Crippen LogP contribution in [0.15, 0.2) is 48.5 Å². The number of aliphatic hydroxyl groups is 3. The highest BCUT2D eigenvalue weighted by Gasteiger charge is 2.29. The summed E-state index contributed by atoms with van der Waals surface area (Å²) in [5.41, 5.74) is 2.95. The van der Waals surface area contributed by atoms with Crippen molar-refractivity contribution < 1.29 is 44.7 Å². The molecular formula is C30H43NO9. The minimum absolute atomic E-state index is 0.0446. The third-order valence-electron chi connectivity index (χ3n) is 6.32. The second kappa shape index (κ2) is 16.7. The maximum atomic E-state index is 12.3. The maximum Gasteiger partial charge on any atom is 0.335 e. The molecule has 222 valence electrons. The van der Waals surface area contributed by atoms with E-state index in [-0.39, 0.29) is 24.4 Å². The van der Waals surface area contributed by atoms with Crippen LogP contribution in [0.1, 0.15) is 70.6 Å². The van der Waals surface area contributed by atoms with Crippen LogP contribution in [0.4, 0.5) is 0 Å². The first kappa shape index (κ1) is 34.7. The molecule has 0 fully saturated rings. The molecule has 0 spiro atoms. The van der Waals surface area contributed by atoms with Gasteiger partial charge in [-0.1, -0.05) is 50.2 Å². The van der Waals surface area contributed by atoms with Crippen LogP contribution in [-0.4, -0.2) is 79.2 Å². The number of carboxylic acids is 2. The van der Waals surface area contributed by atoms with Crippen LogP contribution < -0.4 is 4.74 Å². The number of ether oxygens (including phenoxy) is 1. The first-order chi connectivity index (χ1) is 18.7. The van der Waals surface area contributed by atoms with Crippen molar-refractivity contribution in [2.75, 3.05) is 6.54 Å². The van der Waals surface area contributed by atoms with E-state index in [1.54, 1.807) is 0 Å². The lowest BCUT2D eigenvalue weighted by molar-refractivity contribution is -0.165. The molecule has 0 aliphatic rings.